The predicted molar refractivity (Wildman–Crippen MR) is 107 cm³/mol. The molecule has 28 heavy (non-hydrogen) atoms. The van der Waals surface area contributed by atoms with E-state index in [1.807, 2.05) is 60.0 Å². The van der Waals surface area contributed by atoms with Gasteiger partial charge in [0.2, 0.25) is 5.91 Å². The van der Waals surface area contributed by atoms with Crippen LogP contribution < -0.4 is 5.32 Å². The Balaban J connectivity index is 1.57. The topological polar surface area (TPSA) is 83.7 Å². The van der Waals surface area contributed by atoms with Gasteiger partial charge in [0, 0.05) is 23.1 Å². The van der Waals surface area contributed by atoms with Crippen molar-refractivity contribution in [3.8, 4) is 11.3 Å². The molecule has 1 aromatic carbocycles. The van der Waals surface area contributed by atoms with Crippen molar-refractivity contribution in [2.24, 2.45) is 11.8 Å². The van der Waals surface area contributed by atoms with Crippen LogP contribution in [0.25, 0.3) is 16.9 Å². The maximum absolute atomic E-state index is 12.7. The van der Waals surface area contributed by atoms with Gasteiger partial charge in [-0.05, 0) is 44.0 Å². The highest BCUT2D eigenvalue weighted by molar-refractivity contribution is 5.95. The van der Waals surface area contributed by atoms with Gasteiger partial charge in [-0.1, -0.05) is 31.0 Å². The molecule has 0 unspecified atom stereocenters. The highest BCUT2D eigenvalue weighted by Gasteiger charge is 2.35. The third-order valence-electron chi connectivity index (χ3n) is 5.54. The molecular weight excluding hydrogens is 354 g/mol. The third-order valence-corrected chi connectivity index (χ3v) is 5.54. The molecule has 1 amide bonds. The van der Waals surface area contributed by atoms with Crippen molar-refractivity contribution in [2.45, 2.75) is 32.6 Å². The van der Waals surface area contributed by atoms with Crippen LogP contribution in [0.1, 0.15) is 31.4 Å². The van der Waals surface area contributed by atoms with E-state index in [1.54, 1.807) is 0 Å². The van der Waals surface area contributed by atoms with Crippen LogP contribution in [-0.4, -0.2) is 26.4 Å². The van der Waals surface area contributed by atoms with Gasteiger partial charge in [-0.3, -0.25) is 9.59 Å². The van der Waals surface area contributed by atoms with Gasteiger partial charge in [0.25, 0.3) is 0 Å². The molecule has 1 saturated carbocycles. The SMILES string of the molecule is Cc1cccc2nc(-c3cccc(NC(=O)[C@H]4CCCC[C@H]4C(=O)O)c3)cn12. The number of aromatic nitrogens is 2. The summed E-state index contributed by atoms with van der Waals surface area (Å²) in [6.07, 6.45) is 4.92. The molecule has 0 spiro atoms. The molecule has 1 aliphatic rings. The summed E-state index contributed by atoms with van der Waals surface area (Å²) in [6, 6.07) is 13.5. The Morgan fingerprint density at radius 1 is 1.11 bits per heavy atom. The number of anilines is 1. The number of hydrogen-bond acceptors (Lipinski definition) is 3. The molecule has 0 saturated heterocycles. The monoisotopic (exact) mass is 377 g/mol. The second-order valence-corrected chi connectivity index (χ2v) is 7.43. The number of benzene rings is 1. The van der Waals surface area contributed by atoms with Crippen molar-refractivity contribution >= 4 is 23.2 Å². The third kappa shape index (κ3) is 3.50. The Morgan fingerprint density at radius 2 is 1.86 bits per heavy atom. The molecular formula is C22H23N3O3. The predicted octanol–water partition coefficient (Wildman–Crippen LogP) is 4.14. The molecule has 1 fully saturated rings. The summed E-state index contributed by atoms with van der Waals surface area (Å²) in [5.74, 6) is -2.17. The van der Waals surface area contributed by atoms with Crippen molar-refractivity contribution in [3.05, 3.63) is 54.4 Å². The number of rotatable bonds is 4. The number of carbonyl (C=O) groups is 2. The lowest BCUT2D eigenvalue weighted by Gasteiger charge is -2.27. The fraction of sp³-hybridized carbons (Fsp3) is 0.318. The molecule has 0 radical (unpaired) electrons. The van der Waals surface area contributed by atoms with Crippen LogP contribution in [-0.2, 0) is 9.59 Å². The Morgan fingerprint density at radius 3 is 2.61 bits per heavy atom. The van der Waals surface area contributed by atoms with E-state index in [9.17, 15) is 14.7 Å². The average Bonchev–Trinajstić information content (AvgIpc) is 3.14. The Kier molecular flexibility index (Phi) is 4.86. The van der Waals surface area contributed by atoms with E-state index in [0.29, 0.717) is 18.5 Å². The highest BCUT2D eigenvalue weighted by Crippen LogP contribution is 2.32. The number of carbonyl (C=O) groups excluding carboxylic acids is 1. The molecule has 0 aliphatic heterocycles. The summed E-state index contributed by atoms with van der Waals surface area (Å²) < 4.78 is 2.03. The fourth-order valence-corrected chi connectivity index (χ4v) is 4.02. The summed E-state index contributed by atoms with van der Waals surface area (Å²) >= 11 is 0. The zero-order chi connectivity index (χ0) is 19.7. The number of aryl methyl sites for hydroxylation is 1. The molecule has 2 aromatic heterocycles. The Bertz CT molecular complexity index is 1040. The first-order valence-corrected chi connectivity index (χ1v) is 9.62. The number of carboxylic acid groups (broad SMARTS) is 1. The van der Waals surface area contributed by atoms with Crippen LogP contribution in [0.15, 0.2) is 48.7 Å². The number of nitrogens with one attached hydrogen (secondary N) is 1. The smallest absolute Gasteiger partial charge is 0.307 e. The number of hydrogen-bond donors (Lipinski definition) is 2. The van der Waals surface area contributed by atoms with Gasteiger partial charge < -0.3 is 14.8 Å². The minimum absolute atomic E-state index is 0.213. The fourth-order valence-electron chi connectivity index (χ4n) is 4.02. The van der Waals surface area contributed by atoms with E-state index in [-0.39, 0.29) is 5.91 Å². The first kappa shape index (κ1) is 18.2. The minimum atomic E-state index is -0.881. The number of amides is 1. The van der Waals surface area contributed by atoms with Crippen molar-refractivity contribution in [1.29, 1.82) is 0 Å². The van der Waals surface area contributed by atoms with Crippen LogP contribution in [0.3, 0.4) is 0 Å². The summed E-state index contributed by atoms with van der Waals surface area (Å²) in [6.45, 7) is 2.03. The van der Waals surface area contributed by atoms with Gasteiger partial charge in [0.05, 0.1) is 17.5 Å². The summed E-state index contributed by atoms with van der Waals surface area (Å²) in [5.41, 5.74) is 4.35. The first-order valence-electron chi connectivity index (χ1n) is 9.62. The second kappa shape index (κ2) is 7.46. The van der Waals surface area contributed by atoms with Crippen LogP contribution in [0.5, 0.6) is 0 Å². The summed E-state index contributed by atoms with van der Waals surface area (Å²) in [5, 5.41) is 12.3. The Hall–Kier alpha value is -3.15. The molecule has 1 aliphatic carbocycles. The van der Waals surface area contributed by atoms with Crippen LogP contribution in [0.2, 0.25) is 0 Å². The molecule has 2 atom stereocenters. The summed E-state index contributed by atoms with van der Waals surface area (Å²) in [4.78, 5) is 28.9. The average molecular weight is 377 g/mol. The zero-order valence-electron chi connectivity index (χ0n) is 15.8. The van der Waals surface area contributed by atoms with Gasteiger partial charge in [-0.2, -0.15) is 0 Å². The van der Waals surface area contributed by atoms with E-state index >= 15 is 0 Å². The number of aliphatic carboxylic acids is 1. The van der Waals surface area contributed by atoms with Gasteiger partial charge in [0.15, 0.2) is 0 Å². The molecule has 2 heterocycles. The van der Waals surface area contributed by atoms with E-state index < -0.39 is 17.8 Å². The van der Waals surface area contributed by atoms with E-state index in [0.717, 1.165) is 35.4 Å². The number of imidazole rings is 1. The van der Waals surface area contributed by atoms with Gasteiger partial charge in [-0.25, -0.2) is 4.98 Å². The molecule has 6 heteroatoms. The molecule has 3 aromatic rings. The lowest BCUT2D eigenvalue weighted by atomic mass is 9.78. The number of fused-ring (bicyclic) bond motifs is 1. The zero-order valence-corrected chi connectivity index (χ0v) is 15.8. The quantitative estimate of drug-likeness (QED) is 0.716. The maximum Gasteiger partial charge on any atom is 0.307 e. The van der Waals surface area contributed by atoms with Crippen molar-refractivity contribution in [2.75, 3.05) is 5.32 Å². The Labute approximate surface area is 163 Å². The van der Waals surface area contributed by atoms with Crippen molar-refractivity contribution < 1.29 is 14.7 Å². The van der Waals surface area contributed by atoms with E-state index in [4.69, 9.17) is 0 Å². The second-order valence-electron chi connectivity index (χ2n) is 7.43. The number of nitrogens with zero attached hydrogens (tertiary/aromatic N) is 2. The minimum Gasteiger partial charge on any atom is -0.481 e. The number of carboxylic acids is 1. The lowest BCUT2D eigenvalue weighted by molar-refractivity contribution is -0.147. The number of pyridine rings is 1. The summed E-state index contributed by atoms with van der Waals surface area (Å²) in [7, 11) is 0. The van der Waals surface area contributed by atoms with Crippen molar-refractivity contribution in [1.82, 2.24) is 9.38 Å². The normalized spacial score (nSPS) is 19.5. The van der Waals surface area contributed by atoms with Gasteiger partial charge >= 0.3 is 5.97 Å². The molecule has 4 rings (SSSR count). The standard InChI is InChI=1S/C22H23N3O3/c1-14-6-4-11-20-24-19(13-25(14)20)15-7-5-8-16(12-15)23-21(26)17-9-2-3-10-18(17)22(27)28/h4-8,11-13,17-18H,2-3,9-10H2,1H3,(H,23,26)(H,27,28)/t17-,18+/m0/s1. The highest BCUT2D eigenvalue weighted by atomic mass is 16.4. The van der Waals surface area contributed by atoms with Crippen LogP contribution in [0.4, 0.5) is 5.69 Å². The molecule has 0 bridgehead atoms. The van der Waals surface area contributed by atoms with E-state index in [2.05, 4.69) is 10.3 Å². The maximum atomic E-state index is 12.7. The molecule has 6 nitrogen and oxygen atoms in total. The van der Waals surface area contributed by atoms with E-state index in [1.165, 1.54) is 0 Å². The molecule has 144 valence electrons. The van der Waals surface area contributed by atoms with Crippen LogP contribution in [0, 0.1) is 18.8 Å². The van der Waals surface area contributed by atoms with Gasteiger partial charge in [-0.15, -0.1) is 0 Å². The lowest BCUT2D eigenvalue weighted by Crippen LogP contribution is -2.36. The van der Waals surface area contributed by atoms with Crippen molar-refractivity contribution in [3.63, 3.8) is 0 Å². The largest absolute Gasteiger partial charge is 0.481 e. The first-order chi connectivity index (χ1) is 13.5. The van der Waals surface area contributed by atoms with Crippen LogP contribution >= 0.6 is 0 Å². The van der Waals surface area contributed by atoms with Gasteiger partial charge in [0.1, 0.15) is 5.65 Å². The molecule has 2 N–H and O–H groups in total.